The monoisotopic (exact) mass is 413 g/mol. The van der Waals surface area contributed by atoms with Gasteiger partial charge in [-0.2, -0.15) is 0 Å². The van der Waals surface area contributed by atoms with Crippen molar-refractivity contribution in [1.29, 1.82) is 0 Å². The third-order valence-corrected chi connectivity index (χ3v) is 5.85. The summed E-state index contributed by atoms with van der Waals surface area (Å²) in [5, 5.41) is 6.07. The van der Waals surface area contributed by atoms with Crippen LogP contribution in [-0.4, -0.2) is 73.8 Å². The summed E-state index contributed by atoms with van der Waals surface area (Å²) in [6, 6.07) is 6.98. The lowest BCUT2D eigenvalue weighted by molar-refractivity contribution is -0.121. The van der Waals surface area contributed by atoms with E-state index in [1.807, 2.05) is 0 Å². The molecule has 0 saturated carbocycles. The Morgan fingerprint density at radius 1 is 1.10 bits per heavy atom. The second-order valence-electron chi connectivity index (χ2n) is 7.80. The molecule has 30 heavy (non-hydrogen) atoms. The van der Waals surface area contributed by atoms with Gasteiger partial charge in [-0.15, -0.1) is 0 Å². The maximum absolute atomic E-state index is 12.4. The predicted molar refractivity (Wildman–Crippen MR) is 115 cm³/mol. The van der Waals surface area contributed by atoms with Gasteiger partial charge in [-0.1, -0.05) is 12.1 Å². The number of nitrogens with one attached hydrogen (secondary N) is 2. The van der Waals surface area contributed by atoms with E-state index in [1.54, 1.807) is 38.4 Å². The zero-order chi connectivity index (χ0) is 21.5. The lowest BCUT2D eigenvalue weighted by Gasteiger charge is -2.34. The lowest BCUT2D eigenvalue weighted by Crippen LogP contribution is -2.46. The Labute approximate surface area is 177 Å². The van der Waals surface area contributed by atoms with E-state index in [4.69, 9.17) is 0 Å². The van der Waals surface area contributed by atoms with Gasteiger partial charge in [0.1, 0.15) is 0 Å². The first-order valence-corrected chi connectivity index (χ1v) is 10.7. The van der Waals surface area contributed by atoms with Crippen molar-refractivity contribution in [2.24, 2.45) is 10.9 Å². The highest BCUT2D eigenvalue weighted by Crippen LogP contribution is 2.23. The van der Waals surface area contributed by atoms with Crippen LogP contribution in [-0.2, 0) is 4.79 Å². The quantitative estimate of drug-likeness (QED) is 0.306. The second-order valence-corrected chi connectivity index (χ2v) is 7.80. The molecule has 0 spiro atoms. The zero-order valence-corrected chi connectivity index (χ0v) is 17.8. The molecule has 0 atom stereocenters. The van der Waals surface area contributed by atoms with Crippen LogP contribution in [0.4, 0.5) is 0 Å². The number of amides is 3. The van der Waals surface area contributed by atoms with Gasteiger partial charge >= 0.3 is 0 Å². The van der Waals surface area contributed by atoms with Gasteiger partial charge in [0.05, 0.1) is 11.1 Å². The van der Waals surface area contributed by atoms with Gasteiger partial charge in [0.15, 0.2) is 5.96 Å². The standard InChI is InChI=1S/C22H31N5O3/c1-23-19(28)15-16-9-13-26(14-10-16)22(24-2)25-11-5-6-12-27-20(29)17-7-3-4-8-18(17)21(27)30/h3-4,7-8,16H,5-6,9-15H2,1-2H3,(H,23,28)(H,24,25). The van der Waals surface area contributed by atoms with Crippen molar-refractivity contribution in [3.8, 4) is 0 Å². The van der Waals surface area contributed by atoms with E-state index in [-0.39, 0.29) is 17.7 Å². The van der Waals surface area contributed by atoms with Gasteiger partial charge in [-0.3, -0.25) is 24.3 Å². The fourth-order valence-corrected chi connectivity index (χ4v) is 4.08. The predicted octanol–water partition coefficient (Wildman–Crippen LogP) is 1.49. The van der Waals surface area contributed by atoms with Crippen LogP contribution in [0.3, 0.4) is 0 Å². The van der Waals surface area contributed by atoms with E-state index in [9.17, 15) is 14.4 Å². The van der Waals surface area contributed by atoms with E-state index in [0.717, 1.165) is 51.3 Å². The number of nitrogens with zero attached hydrogens (tertiary/aromatic N) is 3. The Bertz CT molecular complexity index is 780. The lowest BCUT2D eigenvalue weighted by atomic mass is 9.93. The number of piperidine rings is 1. The Morgan fingerprint density at radius 3 is 2.30 bits per heavy atom. The summed E-state index contributed by atoms with van der Waals surface area (Å²) in [4.78, 5) is 44.3. The molecular weight excluding hydrogens is 382 g/mol. The molecule has 3 amide bonds. The first-order valence-electron chi connectivity index (χ1n) is 10.7. The molecule has 2 N–H and O–H groups in total. The van der Waals surface area contributed by atoms with Gasteiger partial charge in [-0.25, -0.2) is 0 Å². The molecule has 0 aromatic heterocycles. The molecule has 1 aromatic rings. The molecule has 0 unspecified atom stereocenters. The van der Waals surface area contributed by atoms with Crippen molar-refractivity contribution in [2.75, 3.05) is 40.3 Å². The highest BCUT2D eigenvalue weighted by molar-refractivity contribution is 6.21. The smallest absolute Gasteiger partial charge is 0.261 e. The number of hydrogen-bond acceptors (Lipinski definition) is 4. The van der Waals surface area contributed by atoms with Gasteiger partial charge < -0.3 is 15.5 Å². The average Bonchev–Trinajstić information content (AvgIpc) is 3.02. The van der Waals surface area contributed by atoms with Crippen molar-refractivity contribution in [1.82, 2.24) is 20.4 Å². The van der Waals surface area contributed by atoms with Crippen LogP contribution in [0.15, 0.2) is 29.3 Å². The van der Waals surface area contributed by atoms with Crippen molar-refractivity contribution < 1.29 is 14.4 Å². The first kappa shape index (κ1) is 21.8. The van der Waals surface area contributed by atoms with E-state index >= 15 is 0 Å². The molecule has 8 heteroatoms. The summed E-state index contributed by atoms with van der Waals surface area (Å²) >= 11 is 0. The molecule has 1 aromatic carbocycles. The molecule has 2 aliphatic rings. The van der Waals surface area contributed by atoms with Gasteiger partial charge in [-0.05, 0) is 43.7 Å². The number of carbonyl (C=O) groups excluding carboxylic acids is 3. The Kier molecular flexibility index (Phi) is 7.43. The SMILES string of the molecule is CN=C(NCCCCN1C(=O)c2ccccc2C1=O)N1CCC(CC(=O)NC)CC1. The molecule has 8 nitrogen and oxygen atoms in total. The van der Waals surface area contributed by atoms with E-state index in [1.165, 1.54) is 4.90 Å². The summed E-state index contributed by atoms with van der Waals surface area (Å²) in [6.07, 6.45) is 4.12. The molecule has 1 saturated heterocycles. The van der Waals surface area contributed by atoms with Crippen LogP contribution in [0.1, 0.15) is 52.8 Å². The average molecular weight is 414 g/mol. The highest BCUT2D eigenvalue weighted by Gasteiger charge is 2.34. The maximum atomic E-state index is 12.4. The van der Waals surface area contributed by atoms with Crippen LogP contribution in [0, 0.1) is 5.92 Å². The largest absolute Gasteiger partial charge is 0.359 e. The summed E-state index contributed by atoms with van der Waals surface area (Å²) < 4.78 is 0. The number of unbranched alkanes of at least 4 members (excludes halogenated alkanes) is 1. The van der Waals surface area contributed by atoms with Crippen LogP contribution in [0.5, 0.6) is 0 Å². The Morgan fingerprint density at radius 2 is 1.73 bits per heavy atom. The number of guanidine groups is 1. The maximum Gasteiger partial charge on any atom is 0.261 e. The number of likely N-dealkylation sites (tertiary alicyclic amines) is 1. The van der Waals surface area contributed by atoms with Crippen molar-refractivity contribution in [3.05, 3.63) is 35.4 Å². The fourth-order valence-electron chi connectivity index (χ4n) is 4.08. The number of carbonyl (C=O) groups is 3. The molecule has 3 rings (SSSR count). The fraction of sp³-hybridized carbons (Fsp3) is 0.545. The van der Waals surface area contributed by atoms with Crippen molar-refractivity contribution in [3.63, 3.8) is 0 Å². The van der Waals surface area contributed by atoms with E-state index in [0.29, 0.717) is 30.0 Å². The molecule has 1 fully saturated rings. The molecule has 0 radical (unpaired) electrons. The molecule has 162 valence electrons. The van der Waals surface area contributed by atoms with Crippen molar-refractivity contribution >= 4 is 23.7 Å². The molecule has 0 bridgehead atoms. The summed E-state index contributed by atoms with van der Waals surface area (Å²) in [5.41, 5.74) is 1.00. The molecule has 2 heterocycles. The highest BCUT2D eigenvalue weighted by atomic mass is 16.2. The topological polar surface area (TPSA) is 94.1 Å². The van der Waals surface area contributed by atoms with E-state index in [2.05, 4.69) is 20.5 Å². The van der Waals surface area contributed by atoms with Crippen LogP contribution < -0.4 is 10.6 Å². The number of benzene rings is 1. The number of aliphatic imine (C=N–C) groups is 1. The number of imide groups is 1. The summed E-state index contributed by atoms with van der Waals surface area (Å²) in [6.45, 7) is 2.93. The minimum absolute atomic E-state index is 0.106. The Balaban J connectivity index is 1.37. The Hall–Kier alpha value is -2.90. The minimum atomic E-state index is -0.195. The van der Waals surface area contributed by atoms with E-state index < -0.39 is 0 Å². The van der Waals surface area contributed by atoms with Gasteiger partial charge in [0.2, 0.25) is 5.91 Å². The summed E-state index contributed by atoms with van der Waals surface area (Å²) in [7, 11) is 3.45. The van der Waals surface area contributed by atoms with Gasteiger partial charge in [0, 0.05) is 46.7 Å². The minimum Gasteiger partial charge on any atom is -0.359 e. The third kappa shape index (κ3) is 4.98. The van der Waals surface area contributed by atoms with Gasteiger partial charge in [0.25, 0.3) is 11.8 Å². The molecule has 0 aliphatic carbocycles. The van der Waals surface area contributed by atoms with Crippen LogP contribution in [0.25, 0.3) is 0 Å². The molecular formula is C22H31N5O3. The summed E-state index contributed by atoms with van der Waals surface area (Å²) in [5.74, 6) is 1.01. The third-order valence-electron chi connectivity index (χ3n) is 5.85. The number of rotatable bonds is 7. The van der Waals surface area contributed by atoms with Crippen LogP contribution >= 0.6 is 0 Å². The second kappa shape index (κ2) is 10.2. The molecule has 2 aliphatic heterocycles. The first-order chi connectivity index (χ1) is 14.5. The van der Waals surface area contributed by atoms with Crippen LogP contribution in [0.2, 0.25) is 0 Å². The zero-order valence-electron chi connectivity index (χ0n) is 17.8. The number of fused-ring (bicyclic) bond motifs is 1. The van der Waals surface area contributed by atoms with Crippen molar-refractivity contribution in [2.45, 2.75) is 32.1 Å². The number of hydrogen-bond donors (Lipinski definition) is 2. The normalized spacial score (nSPS) is 17.3.